The van der Waals surface area contributed by atoms with Crippen molar-refractivity contribution in [3.8, 4) is 16.9 Å². The lowest BCUT2D eigenvalue weighted by Gasteiger charge is -2.16. The highest BCUT2D eigenvalue weighted by Crippen LogP contribution is 2.42. The maximum Gasteiger partial charge on any atom is 0.313 e. The monoisotopic (exact) mass is 382 g/mol. The first-order valence-corrected chi connectivity index (χ1v) is 8.30. The zero-order valence-corrected chi connectivity index (χ0v) is 14.7. The summed E-state index contributed by atoms with van der Waals surface area (Å²) in [4.78, 5) is 22.4. The largest absolute Gasteiger partial charge is 0.545 e. The van der Waals surface area contributed by atoms with Crippen LogP contribution in [0.25, 0.3) is 11.1 Å². The van der Waals surface area contributed by atoms with Crippen molar-refractivity contribution in [2.24, 2.45) is 0 Å². The number of carbonyl (C=O) groups excluding carboxylic acids is 1. The van der Waals surface area contributed by atoms with Gasteiger partial charge in [0.05, 0.1) is 10.9 Å². The lowest BCUT2D eigenvalue weighted by molar-refractivity contribution is -0.385. The highest BCUT2D eigenvalue weighted by molar-refractivity contribution is 6.31. The number of aromatic carboxylic acids is 1. The molecule has 0 fully saturated rings. The van der Waals surface area contributed by atoms with Crippen molar-refractivity contribution in [1.29, 1.82) is 0 Å². The molecular formula is C20H13ClNO5-. The van der Waals surface area contributed by atoms with E-state index in [1.165, 1.54) is 30.3 Å². The number of carboxylic acids is 1. The third-order valence-electron chi connectivity index (χ3n) is 3.89. The summed E-state index contributed by atoms with van der Waals surface area (Å²) in [5.41, 5.74) is 0.789. The van der Waals surface area contributed by atoms with Gasteiger partial charge in [0.15, 0.2) is 0 Å². The average molecular weight is 383 g/mol. The van der Waals surface area contributed by atoms with Crippen molar-refractivity contribution in [2.75, 3.05) is 0 Å². The number of hydrogen-bond donors (Lipinski definition) is 0. The van der Waals surface area contributed by atoms with E-state index in [0.29, 0.717) is 0 Å². The molecule has 0 aromatic heterocycles. The summed E-state index contributed by atoms with van der Waals surface area (Å²) in [7, 11) is 0. The number of carboxylic acid groups (broad SMARTS) is 1. The van der Waals surface area contributed by atoms with Gasteiger partial charge in [0.25, 0.3) is 0 Å². The van der Waals surface area contributed by atoms with Gasteiger partial charge in [-0.3, -0.25) is 10.1 Å². The van der Waals surface area contributed by atoms with E-state index in [-0.39, 0.29) is 39.8 Å². The van der Waals surface area contributed by atoms with Gasteiger partial charge in [-0.2, -0.15) is 0 Å². The van der Waals surface area contributed by atoms with Gasteiger partial charge < -0.3 is 14.6 Å². The first-order chi connectivity index (χ1) is 13.0. The molecule has 3 aromatic carbocycles. The second-order valence-electron chi connectivity index (χ2n) is 5.67. The van der Waals surface area contributed by atoms with Gasteiger partial charge in [-0.1, -0.05) is 66.2 Å². The number of hydrogen-bond acceptors (Lipinski definition) is 5. The Balaban J connectivity index is 2.15. The van der Waals surface area contributed by atoms with Crippen LogP contribution in [0.15, 0.2) is 66.7 Å². The molecule has 0 amide bonds. The Kier molecular flexibility index (Phi) is 5.38. The van der Waals surface area contributed by atoms with Gasteiger partial charge in [0.2, 0.25) is 5.75 Å². The maximum atomic E-state index is 11.5. The summed E-state index contributed by atoms with van der Waals surface area (Å²) in [6.07, 6.45) is 0. The van der Waals surface area contributed by atoms with Crippen molar-refractivity contribution in [3.05, 3.63) is 93.0 Å². The van der Waals surface area contributed by atoms with E-state index >= 15 is 0 Å². The third kappa shape index (κ3) is 4.07. The van der Waals surface area contributed by atoms with Crippen molar-refractivity contribution in [3.63, 3.8) is 0 Å². The van der Waals surface area contributed by atoms with E-state index in [0.717, 1.165) is 5.56 Å². The first-order valence-electron chi connectivity index (χ1n) is 7.93. The second kappa shape index (κ2) is 7.88. The fourth-order valence-electron chi connectivity index (χ4n) is 2.69. The van der Waals surface area contributed by atoms with Gasteiger partial charge >= 0.3 is 5.69 Å². The van der Waals surface area contributed by atoms with E-state index in [9.17, 15) is 20.0 Å². The van der Waals surface area contributed by atoms with Crippen LogP contribution in [0.4, 0.5) is 5.69 Å². The number of nitro groups is 1. The van der Waals surface area contributed by atoms with Crippen LogP contribution >= 0.6 is 11.6 Å². The molecule has 136 valence electrons. The van der Waals surface area contributed by atoms with Crippen molar-refractivity contribution in [2.45, 2.75) is 6.61 Å². The van der Waals surface area contributed by atoms with Gasteiger partial charge in [0, 0.05) is 22.2 Å². The number of ether oxygens (including phenoxy) is 1. The lowest BCUT2D eigenvalue weighted by atomic mass is 9.98. The van der Waals surface area contributed by atoms with Crippen LogP contribution in [0.2, 0.25) is 5.02 Å². The number of rotatable bonds is 6. The highest BCUT2D eigenvalue weighted by Gasteiger charge is 2.23. The molecule has 0 aliphatic rings. The molecule has 3 rings (SSSR count). The molecule has 0 aliphatic heterocycles. The lowest BCUT2D eigenvalue weighted by Crippen LogP contribution is -2.23. The molecule has 0 aliphatic carbocycles. The highest BCUT2D eigenvalue weighted by atomic mass is 35.5. The average Bonchev–Trinajstić information content (AvgIpc) is 2.67. The standard InChI is InChI=1S/C20H14ClNO5/c21-14-10-17(15-8-4-5-9-16(15)20(23)24)19(18(11-14)22(25)26)27-12-13-6-2-1-3-7-13/h1-11H,12H2,(H,23,24)/p-1. The molecule has 0 radical (unpaired) electrons. The van der Waals surface area contributed by atoms with Crippen LogP contribution < -0.4 is 9.84 Å². The summed E-state index contributed by atoms with van der Waals surface area (Å²) >= 11 is 6.04. The predicted molar refractivity (Wildman–Crippen MR) is 98.6 cm³/mol. The summed E-state index contributed by atoms with van der Waals surface area (Å²) in [6.45, 7) is 0.0732. The first kappa shape index (κ1) is 18.4. The van der Waals surface area contributed by atoms with E-state index < -0.39 is 10.9 Å². The summed E-state index contributed by atoms with van der Waals surface area (Å²) in [5.74, 6) is -1.45. The van der Waals surface area contributed by atoms with Crippen molar-refractivity contribution < 1.29 is 19.6 Å². The molecule has 0 saturated carbocycles. The van der Waals surface area contributed by atoms with Crippen molar-refractivity contribution >= 4 is 23.3 Å². The van der Waals surface area contributed by atoms with Crippen molar-refractivity contribution in [1.82, 2.24) is 0 Å². The van der Waals surface area contributed by atoms with Gasteiger partial charge in [-0.15, -0.1) is 0 Å². The van der Waals surface area contributed by atoms with Gasteiger partial charge in [0.1, 0.15) is 6.61 Å². The smallest absolute Gasteiger partial charge is 0.313 e. The van der Waals surface area contributed by atoms with E-state index in [2.05, 4.69) is 0 Å². The molecule has 27 heavy (non-hydrogen) atoms. The summed E-state index contributed by atoms with van der Waals surface area (Å²) in [5, 5.41) is 23.1. The molecule has 6 nitrogen and oxygen atoms in total. The van der Waals surface area contributed by atoms with Gasteiger partial charge in [-0.25, -0.2) is 0 Å². The fourth-order valence-corrected chi connectivity index (χ4v) is 2.90. The Bertz CT molecular complexity index is 1000. The van der Waals surface area contributed by atoms with Crippen LogP contribution in [0.1, 0.15) is 15.9 Å². The predicted octanol–water partition coefficient (Wildman–Crippen LogP) is 3.86. The maximum absolute atomic E-state index is 11.5. The fraction of sp³-hybridized carbons (Fsp3) is 0.0500. The molecule has 0 saturated heterocycles. The topological polar surface area (TPSA) is 92.5 Å². The normalized spacial score (nSPS) is 10.4. The van der Waals surface area contributed by atoms with Crippen LogP contribution in [0.5, 0.6) is 5.75 Å². The Morgan fingerprint density at radius 1 is 1.00 bits per heavy atom. The third-order valence-corrected chi connectivity index (χ3v) is 4.11. The molecule has 3 aromatic rings. The second-order valence-corrected chi connectivity index (χ2v) is 6.10. The molecule has 0 unspecified atom stereocenters. The quantitative estimate of drug-likeness (QED) is 0.476. The Hall–Kier alpha value is -3.38. The minimum absolute atomic E-state index is 0.0537. The Morgan fingerprint density at radius 2 is 1.67 bits per heavy atom. The van der Waals surface area contributed by atoms with E-state index in [1.807, 2.05) is 30.3 Å². The number of nitro benzene ring substituents is 1. The van der Waals surface area contributed by atoms with E-state index in [4.69, 9.17) is 16.3 Å². The van der Waals surface area contributed by atoms with Crippen LogP contribution in [0, 0.1) is 10.1 Å². The zero-order chi connectivity index (χ0) is 19.4. The number of halogens is 1. The van der Waals surface area contributed by atoms with Crippen LogP contribution in [-0.4, -0.2) is 10.9 Å². The minimum atomic E-state index is -1.40. The number of benzene rings is 3. The van der Waals surface area contributed by atoms with Crippen LogP contribution in [0.3, 0.4) is 0 Å². The Labute approximate surface area is 159 Å². The number of carbonyl (C=O) groups is 1. The molecule has 0 heterocycles. The molecule has 0 N–H and O–H groups in total. The molecule has 0 atom stereocenters. The summed E-state index contributed by atoms with van der Waals surface area (Å²) < 4.78 is 5.75. The van der Waals surface area contributed by atoms with Gasteiger partial charge in [-0.05, 0) is 17.2 Å². The number of nitrogens with zero attached hydrogens (tertiary/aromatic N) is 1. The molecule has 0 bridgehead atoms. The summed E-state index contributed by atoms with van der Waals surface area (Å²) in [6, 6.07) is 17.8. The Morgan fingerprint density at radius 3 is 2.33 bits per heavy atom. The minimum Gasteiger partial charge on any atom is -0.545 e. The van der Waals surface area contributed by atoms with E-state index in [1.54, 1.807) is 6.07 Å². The molecule has 7 heteroatoms. The van der Waals surface area contributed by atoms with Crippen LogP contribution in [-0.2, 0) is 6.61 Å². The SMILES string of the molecule is O=C([O-])c1ccccc1-c1cc(Cl)cc([N+](=O)[O-])c1OCc1ccccc1. The molecule has 0 spiro atoms. The zero-order valence-electron chi connectivity index (χ0n) is 13.9. The molecular weight excluding hydrogens is 370 g/mol.